The molecule has 4 rings (SSSR count). The number of hydrazone groups is 1. The molecule has 0 saturated heterocycles. The van der Waals surface area contributed by atoms with Crippen LogP contribution in [0.4, 0.5) is 10.1 Å². The lowest BCUT2D eigenvalue weighted by Gasteiger charge is -2.23. The van der Waals surface area contributed by atoms with E-state index in [9.17, 15) is 21.2 Å². The number of nitrogens with zero attached hydrogens (tertiary/aromatic N) is 2. The Kier molecular flexibility index (Phi) is 5.74. The Morgan fingerprint density at radius 1 is 0.938 bits per heavy atom. The molecular weight excluding hydrogens is 453 g/mol. The molecule has 32 heavy (non-hydrogen) atoms. The summed E-state index contributed by atoms with van der Waals surface area (Å²) in [5, 5.41) is 4.36. The van der Waals surface area contributed by atoms with Gasteiger partial charge < -0.3 is 0 Å². The molecule has 10 heteroatoms. The summed E-state index contributed by atoms with van der Waals surface area (Å²) >= 11 is 0. The van der Waals surface area contributed by atoms with Crippen molar-refractivity contribution in [2.75, 3.05) is 11.0 Å². The van der Waals surface area contributed by atoms with Crippen LogP contribution in [0.5, 0.6) is 0 Å². The Bertz CT molecular complexity index is 1390. The third-order valence-electron chi connectivity index (χ3n) is 4.92. The fraction of sp³-hybridized carbons (Fsp3) is 0.136. The smallest absolute Gasteiger partial charge is 0.279 e. The van der Waals surface area contributed by atoms with Gasteiger partial charge in [0.2, 0.25) is 10.0 Å². The summed E-state index contributed by atoms with van der Waals surface area (Å²) in [6, 6.07) is 19.4. The van der Waals surface area contributed by atoms with Gasteiger partial charge in [0.1, 0.15) is 5.82 Å². The highest BCUT2D eigenvalue weighted by Crippen LogP contribution is 2.38. The number of rotatable bonds is 6. The maximum atomic E-state index is 14.6. The lowest BCUT2D eigenvalue weighted by atomic mass is 9.98. The van der Waals surface area contributed by atoms with Crippen molar-refractivity contribution in [3.8, 4) is 0 Å². The molecule has 0 aromatic heterocycles. The van der Waals surface area contributed by atoms with E-state index in [1.807, 2.05) is 0 Å². The van der Waals surface area contributed by atoms with Gasteiger partial charge in [-0.2, -0.15) is 17.9 Å². The van der Waals surface area contributed by atoms with Crippen LogP contribution in [0.15, 0.2) is 88.9 Å². The summed E-state index contributed by atoms with van der Waals surface area (Å²) in [6.07, 6.45) is 1.16. The molecule has 0 spiro atoms. The van der Waals surface area contributed by atoms with Gasteiger partial charge in [-0.05, 0) is 35.9 Å². The van der Waals surface area contributed by atoms with E-state index in [-0.39, 0.29) is 16.9 Å². The Balaban J connectivity index is 1.80. The second-order valence-corrected chi connectivity index (χ2v) is 10.9. The largest absolute Gasteiger partial charge is 0.284 e. The first-order chi connectivity index (χ1) is 15.1. The van der Waals surface area contributed by atoms with Gasteiger partial charge in [-0.25, -0.2) is 12.8 Å². The van der Waals surface area contributed by atoms with Crippen molar-refractivity contribution in [3.63, 3.8) is 0 Å². The van der Waals surface area contributed by atoms with E-state index < -0.39 is 31.9 Å². The number of hydrogen-bond acceptors (Lipinski definition) is 5. The first-order valence-corrected chi connectivity index (χ1v) is 13.0. The van der Waals surface area contributed by atoms with Crippen LogP contribution in [-0.2, 0) is 20.0 Å². The lowest BCUT2D eigenvalue weighted by Crippen LogP contribution is -2.27. The van der Waals surface area contributed by atoms with E-state index in [1.54, 1.807) is 48.5 Å². The topological polar surface area (TPSA) is 95.9 Å². The fourth-order valence-electron chi connectivity index (χ4n) is 3.54. The second kappa shape index (κ2) is 8.36. The molecule has 1 aliphatic heterocycles. The van der Waals surface area contributed by atoms with Crippen LogP contribution in [0, 0.1) is 5.82 Å². The van der Waals surface area contributed by atoms with Gasteiger partial charge in [0.05, 0.1) is 22.9 Å². The molecule has 0 radical (unpaired) electrons. The standard InChI is InChI=1S/C22H20FN3O4S2/c1-31(27,28)25-17-9-7-8-16(14-17)21-15-22(19-12-5-6-13-20(19)23)26(24-21)32(29,30)18-10-3-2-4-11-18/h2-14,22,25H,15H2,1H3/t22-/m0/s1. The summed E-state index contributed by atoms with van der Waals surface area (Å²) in [5.41, 5.74) is 1.45. The minimum absolute atomic E-state index is 0.0406. The van der Waals surface area contributed by atoms with Gasteiger partial charge in [0.25, 0.3) is 10.0 Å². The molecule has 1 aliphatic rings. The van der Waals surface area contributed by atoms with E-state index in [4.69, 9.17) is 0 Å². The summed E-state index contributed by atoms with van der Waals surface area (Å²) in [5.74, 6) is -0.533. The molecule has 0 saturated carbocycles. The van der Waals surface area contributed by atoms with Crippen LogP contribution in [0.3, 0.4) is 0 Å². The molecule has 7 nitrogen and oxygen atoms in total. The van der Waals surface area contributed by atoms with Gasteiger partial charge in [-0.1, -0.05) is 48.5 Å². The van der Waals surface area contributed by atoms with Gasteiger partial charge in [0.15, 0.2) is 0 Å². The van der Waals surface area contributed by atoms with Crippen LogP contribution < -0.4 is 4.72 Å². The van der Waals surface area contributed by atoms with Crippen molar-refractivity contribution in [2.24, 2.45) is 5.10 Å². The van der Waals surface area contributed by atoms with E-state index >= 15 is 0 Å². The summed E-state index contributed by atoms with van der Waals surface area (Å²) < 4.78 is 67.8. The zero-order chi connectivity index (χ0) is 22.9. The van der Waals surface area contributed by atoms with Crippen molar-refractivity contribution in [1.82, 2.24) is 4.41 Å². The fourth-order valence-corrected chi connectivity index (χ4v) is 5.54. The Hall–Kier alpha value is -3.24. The SMILES string of the molecule is CS(=O)(=O)Nc1cccc(C2=NN(S(=O)(=O)c3ccccc3)[C@H](c3ccccc3F)C2)c1. The van der Waals surface area contributed by atoms with Crippen LogP contribution >= 0.6 is 0 Å². The minimum atomic E-state index is -4.06. The molecule has 3 aromatic carbocycles. The number of hydrogen-bond donors (Lipinski definition) is 1. The molecule has 1 N–H and O–H groups in total. The van der Waals surface area contributed by atoms with E-state index in [0.717, 1.165) is 10.7 Å². The van der Waals surface area contributed by atoms with Crippen molar-refractivity contribution in [1.29, 1.82) is 0 Å². The third kappa shape index (κ3) is 4.51. The summed E-state index contributed by atoms with van der Waals surface area (Å²) in [6.45, 7) is 0. The zero-order valence-corrected chi connectivity index (χ0v) is 18.6. The van der Waals surface area contributed by atoms with E-state index in [2.05, 4.69) is 9.82 Å². The van der Waals surface area contributed by atoms with Crippen molar-refractivity contribution in [2.45, 2.75) is 17.4 Å². The maximum Gasteiger partial charge on any atom is 0.279 e. The molecule has 3 aromatic rings. The van der Waals surface area contributed by atoms with Crippen LogP contribution in [0.25, 0.3) is 0 Å². The summed E-state index contributed by atoms with van der Waals surface area (Å²) in [7, 11) is -7.56. The highest BCUT2D eigenvalue weighted by Gasteiger charge is 2.38. The van der Waals surface area contributed by atoms with Crippen LogP contribution in [0.1, 0.15) is 23.6 Å². The lowest BCUT2D eigenvalue weighted by molar-refractivity contribution is 0.362. The average Bonchev–Trinajstić information content (AvgIpc) is 3.20. The van der Waals surface area contributed by atoms with Gasteiger partial charge >= 0.3 is 0 Å². The first-order valence-electron chi connectivity index (χ1n) is 9.65. The van der Waals surface area contributed by atoms with Crippen LogP contribution in [0.2, 0.25) is 0 Å². The van der Waals surface area contributed by atoms with Gasteiger partial charge in [-0.3, -0.25) is 4.72 Å². The minimum Gasteiger partial charge on any atom is -0.284 e. The Morgan fingerprint density at radius 2 is 1.62 bits per heavy atom. The third-order valence-corrected chi connectivity index (χ3v) is 7.23. The number of benzene rings is 3. The monoisotopic (exact) mass is 473 g/mol. The molecule has 0 aliphatic carbocycles. The molecule has 0 fully saturated rings. The molecular formula is C22H20FN3O4S2. The predicted octanol–water partition coefficient (Wildman–Crippen LogP) is 3.74. The zero-order valence-electron chi connectivity index (χ0n) is 17.0. The van der Waals surface area contributed by atoms with E-state index in [1.165, 1.54) is 30.3 Å². The highest BCUT2D eigenvalue weighted by molar-refractivity contribution is 7.92. The number of halogens is 1. The predicted molar refractivity (Wildman–Crippen MR) is 121 cm³/mol. The molecule has 166 valence electrons. The van der Waals surface area contributed by atoms with E-state index in [0.29, 0.717) is 17.0 Å². The van der Waals surface area contributed by atoms with Crippen molar-refractivity contribution >= 4 is 31.4 Å². The molecule has 0 amide bonds. The molecule has 0 bridgehead atoms. The first kappa shape index (κ1) is 22.0. The normalized spacial score (nSPS) is 16.6. The molecule has 0 unspecified atom stereocenters. The summed E-state index contributed by atoms with van der Waals surface area (Å²) in [4.78, 5) is 0.0406. The van der Waals surface area contributed by atoms with Crippen LogP contribution in [-0.4, -0.2) is 33.2 Å². The molecule has 1 heterocycles. The Labute approximate surface area is 186 Å². The van der Waals surface area contributed by atoms with Crippen molar-refractivity contribution < 1.29 is 21.2 Å². The second-order valence-electron chi connectivity index (χ2n) is 7.33. The van der Waals surface area contributed by atoms with Gasteiger partial charge in [0, 0.05) is 17.7 Å². The van der Waals surface area contributed by atoms with Crippen molar-refractivity contribution in [3.05, 3.63) is 95.8 Å². The number of nitrogens with one attached hydrogen (secondary N) is 1. The highest BCUT2D eigenvalue weighted by atomic mass is 32.2. The maximum absolute atomic E-state index is 14.6. The average molecular weight is 474 g/mol. The quantitative estimate of drug-likeness (QED) is 0.590. The number of sulfonamides is 2. The van der Waals surface area contributed by atoms with Gasteiger partial charge in [-0.15, -0.1) is 0 Å². The number of anilines is 1. The molecule has 1 atom stereocenters. The Morgan fingerprint density at radius 3 is 2.31 bits per heavy atom.